The molecule has 2 atom stereocenters. The average molecular weight is 266 g/mol. The summed E-state index contributed by atoms with van der Waals surface area (Å²) in [5.74, 6) is 0.0928. The molecule has 1 aromatic rings. The van der Waals surface area contributed by atoms with Crippen LogP contribution in [0.1, 0.15) is 32.1 Å². The van der Waals surface area contributed by atoms with Crippen LogP contribution in [0, 0.1) is 17.2 Å². The number of hydrogen-bond acceptors (Lipinski definition) is 4. The van der Waals surface area contributed by atoms with Crippen LogP contribution in [0.4, 0.5) is 5.69 Å². The maximum atomic E-state index is 9.55. The minimum atomic E-state index is -0.108. The Labute approximate surface area is 119 Å². The highest BCUT2D eigenvalue weighted by atomic mass is 15.8. The molecule has 3 aliphatic rings. The van der Waals surface area contributed by atoms with Crippen molar-refractivity contribution in [3.8, 4) is 6.07 Å². The van der Waals surface area contributed by atoms with Crippen molar-refractivity contribution in [1.29, 1.82) is 5.26 Å². The first-order chi connectivity index (χ1) is 9.86. The van der Waals surface area contributed by atoms with Gasteiger partial charge in [0.2, 0.25) is 0 Å². The van der Waals surface area contributed by atoms with E-state index in [9.17, 15) is 5.26 Å². The lowest BCUT2D eigenvalue weighted by molar-refractivity contribution is 0.170. The van der Waals surface area contributed by atoms with Crippen molar-refractivity contribution >= 4 is 11.4 Å². The van der Waals surface area contributed by atoms with Crippen molar-refractivity contribution in [3.05, 3.63) is 30.3 Å². The third-order valence-corrected chi connectivity index (χ3v) is 4.97. The second kappa shape index (κ2) is 4.32. The van der Waals surface area contributed by atoms with Gasteiger partial charge in [0, 0.05) is 6.54 Å². The summed E-state index contributed by atoms with van der Waals surface area (Å²) in [4.78, 5) is 0. The van der Waals surface area contributed by atoms with E-state index in [-0.39, 0.29) is 11.5 Å². The van der Waals surface area contributed by atoms with Gasteiger partial charge in [-0.25, -0.2) is 0 Å². The number of para-hydroxylation sites is 1. The van der Waals surface area contributed by atoms with Crippen LogP contribution in [0.25, 0.3) is 0 Å². The standard InChI is InChI=1S/C16H18N4/c17-12-13-9-11-19-16(13)10-5-4-8-15(16)18-20(19)14-6-2-1-3-7-14/h1-3,6-7,13H,4-5,8-11H2/t13-,16-/m0/s1. The highest BCUT2D eigenvalue weighted by Crippen LogP contribution is 2.49. The minimum absolute atomic E-state index is 0.0928. The van der Waals surface area contributed by atoms with E-state index in [1.54, 1.807) is 0 Å². The van der Waals surface area contributed by atoms with E-state index in [1.165, 1.54) is 18.6 Å². The molecule has 0 amide bonds. The van der Waals surface area contributed by atoms with Crippen molar-refractivity contribution in [2.24, 2.45) is 11.0 Å². The second-order valence-corrected chi connectivity index (χ2v) is 5.90. The summed E-state index contributed by atoms with van der Waals surface area (Å²) in [5.41, 5.74) is 2.23. The number of hydrazine groups is 1. The van der Waals surface area contributed by atoms with Gasteiger partial charge in [0.25, 0.3) is 0 Å². The van der Waals surface area contributed by atoms with Gasteiger partial charge >= 0.3 is 0 Å². The van der Waals surface area contributed by atoms with E-state index >= 15 is 0 Å². The third-order valence-electron chi connectivity index (χ3n) is 4.97. The SMILES string of the molecule is N#C[C@@H]1CCN2N(c3ccccc3)N=C3CCCC[C@@]312. The fourth-order valence-electron chi connectivity index (χ4n) is 4.07. The molecule has 1 aliphatic carbocycles. The van der Waals surface area contributed by atoms with Crippen molar-refractivity contribution in [1.82, 2.24) is 5.01 Å². The Hall–Kier alpha value is -1.86. The molecule has 1 aromatic carbocycles. The number of anilines is 1. The Kier molecular flexibility index (Phi) is 2.58. The molecule has 102 valence electrons. The largest absolute Gasteiger partial charge is 0.198 e. The van der Waals surface area contributed by atoms with Crippen LogP contribution in [0.3, 0.4) is 0 Å². The Bertz CT molecular complexity index is 588. The van der Waals surface area contributed by atoms with Crippen LogP contribution in [-0.4, -0.2) is 22.8 Å². The fourth-order valence-corrected chi connectivity index (χ4v) is 4.07. The van der Waals surface area contributed by atoms with E-state index in [0.29, 0.717) is 0 Å². The first kappa shape index (κ1) is 11.9. The van der Waals surface area contributed by atoms with Gasteiger partial charge in [-0.15, -0.1) is 0 Å². The number of nitriles is 1. The first-order valence-electron chi connectivity index (χ1n) is 7.46. The molecule has 4 rings (SSSR count). The van der Waals surface area contributed by atoms with E-state index in [1.807, 2.05) is 18.2 Å². The first-order valence-corrected chi connectivity index (χ1v) is 7.46. The highest BCUT2D eigenvalue weighted by molar-refractivity contribution is 5.98. The maximum Gasteiger partial charge on any atom is 0.0979 e. The van der Waals surface area contributed by atoms with Crippen LogP contribution in [-0.2, 0) is 0 Å². The molecule has 0 bridgehead atoms. The smallest absolute Gasteiger partial charge is 0.0979 e. The zero-order valence-electron chi connectivity index (χ0n) is 11.5. The lowest BCUT2D eigenvalue weighted by Gasteiger charge is -2.40. The summed E-state index contributed by atoms with van der Waals surface area (Å²) in [6.45, 7) is 0.931. The summed E-state index contributed by atoms with van der Waals surface area (Å²) >= 11 is 0. The van der Waals surface area contributed by atoms with Gasteiger partial charge in [-0.3, -0.25) is 0 Å². The van der Waals surface area contributed by atoms with Crippen molar-refractivity contribution in [2.45, 2.75) is 37.6 Å². The molecule has 0 aromatic heterocycles. The van der Waals surface area contributed by atoms with Gasteiger partial charge in [-0.05, 0) is 37.8 Å². The van der Waals surface area contributed by atoms with Gasteiger partial charge < -0.3 is 0 Å². The zero-order valence-corrected chi connectivity index (χ0v) is 11.5. The molecule has 0 unspecified atom stereocenters. The van der Waals surface area contributed by atoms with Crippen LogP contribution in [0.5, 0.6) is 0 Å². The molecule has 1 saturated heterocycles. The molecule has 1 spiro atoms. The summed E-state index contributed by atoms with van der Waals surface area (Å²) < 4.78 is 0. The molecule has 0 N–H and O–H groups in total. The van der Waals surface area contributed by atoms with Gasteiger partial charge in [0.1, 0.15) is 0 Å². The highest BCUT2D eigenvalue weighted by Gasteiger charge is 2.59. The van der Waals surface area contributed by atoms with Crippen molar-refractivity contribution in [2.75, 3.05) is 11.7 Å². The predicted molar refractivity (Wildman–Crippen MR) is 78.0 cm³/mol. The molecular formula is C16H18N4. The Balaban J connectivity index is 1.80. The molecule has 20 heavy (non-hydrogen) atoms. The summed E-state index contributed by atoms with van der Waals surface area (Å²) in [6, 6.07) is 12.8. The topological polar surface area (TPSA) is 42.6 Å². The normalized spacial score (nSPS) is 32.5. The van der Waals surface area contributed by atoms with Gasteiger partial charge in [0.05, 0.1) is 28.9 Å². The second-order valence-electron chi connectivity index (χ2n) is 5.90. The lowest BCUT2D eigenvalue weighted by atomic mass is 9.73. The number of hydrogen-bond donors (Lipinski definition) is 0. The third kappa shape index (κ3) is 1.41. The fraction of sp³-hybridized carbons (Fsp3) is 0.500. The Morgan fingerprint density at radius 1 is 1.25 bits per heavy atom. The summed E-state index contributed by atoms with van der Waals surface area (Å²) in [6.07, 6.45) is 5.48. The van der Waals surface area contributed by atoms with E-state index < -0.39 is 0 Å². The maximum absolute atomic E-state index is 9.55. The number of rotatable bonds is 1. The Morgan fingerprint density at radius 3 is 2.90 bits per heavy atom. The molecule has 1 saturated carbocycles. The van der Waals surface area contributed by atoms with Gasteiger partial charge in [-0.1, -0.05) is 24.6 Å². The minimum Gasteiger partial charge on any atom is -0.198 e. The van der Waals surface area contributed by atoms with Crippen LogP contribution in [0.2, 0.25) is 0 Å². The molecule has 4 nitrogen and oxygen atoms in total. The monoisotopic (exact) mass is 266 g/mol. The number of nitrogens with zero attached hydrogens (tertiary/aromatic N) is 4. The van der Waals surface area contributed by atoms with E-state index in [2.05, 4.69) is 28.3 Å². The molecule has 2 fully saturated rings. The molecule has 0 radical (unpaired) electrons. The Morgan fingerprint density at radius 2 is 2.10 bits per heavy atom. The average Bonchev–Trinajstić information content (AvgIpc) is 3.01. The van der Waals surface area contributed by atoms with Gasteiger partial charge in [-0.2, -0.15) is 20.5 Å². The zero-order chi connectivity index (χ0) is 13.6. The van der Waals surface area contributed by atoms with E-state index in [0.717, 1.165) is 31.5 Å². The molecule has 2 heterocycles. The summed E-state index contributed by atoms with van der Waals surface area (Å²) in [5, 5.41) is 18.8. The lowest BCUT2D eigenvalue weighted by Crippen LogP contribution is -2.54. The summed E-state index contributed by atoms with van der Waals surface area (Å²) in [7, 11) is 0. The van der Waals surface area contributed by atoms with Crippen LogP contribution >= 0.6 is 0 Å². The molecular weight excluding hydrogens is 248 g/mol. The predicted octanol–water partition coefficient (Wildman–Crippen LogP) is 2.94. The van der Waals surface area contributed by atoms with Crippen LogP contribution in [0.15, 0.2) is 35.4 Å². The number of hydrazone groups is 1. The number of benzene rings is 1. The van der Waals surface area contributed by atoms with Gasteiger partial charge in [0.15, 0.2) is 0 Å². The quantitative estimate of drug-likeness (QED) is 0.785. The van der Waals surface area contributed by atoms with Crippen molar-refractivity contribution in [3.63, 3.8) is 0 Å². The van der Waals surface area contributed by atoms with E-state index in [4.69, 9.17) is 5.10 Å². The van der Waals surface area contributed by atoms with Crippen molar-refractivity contribution < 1.29 is 0 Å². The van der Waals surface area contributed by atoms with Crippen LogP contribution < -0.4 is 5.12 Å². The molecule has 2 aliphatic heterocycles. The molecule has 4 heteroatoms.